The Labute approximate surface area is 123 Å². The molecule has 0 saturated carbocycles. The maximum atomic E-state index is 11.2. The average molecular weight is 292 g/mol. The number of hydrogen-bond acceptors (Lipinski definition) is 4. The van der Waals surface area contributed by atoms with Crippen molar-refractivity contribution in [3.8, 4) is 5.75 Å². The van der Waals surface area contributed by atoms with Gasteiger partial charge in [0.25, 0.3) is 0 Å². The molecular weight excluding hydrogens is 272 g/mol. The van der Waals surface area contributed by atoms with E-state index in [1.807, 2.05) is 0 Å². The maximum absolute atomic E-state index is 11.2. The second-order valence-corrected chi connectivity index (χ2v) is 5.22. The number of primary amides is 1. The quantitative estimate of drug-likeness (QED) is 0.814. The minimum atomic E-state index is -0.952. The van der Waals surface area contributed by atoms with E-state index >= 15 is 0 Å². The molecule has 6 nitrogen and oxygen atoms in total. The molecule has 1 fully saturated rings. The summed E-state index contributed by atoms with van der Waals surface area (Å²) in [5, 5.41) is 8.81. The molecule has 0 aliphatic carbocycles. The molecule has 6 heteroatoms. The zero-order chi connectivity index (χ0) is 15.2. The third kappa shape index (κ3) is 4.46. The topological polar surface area (TPSA) is 92.9 Å². The highest BCUT2D eigenvalue weighted by Gasteiger charge is 2.23. The number of rotatable bonds is 6. The fourth-order valence-corrected chi connectivity index (χ4v) is 2.48. The molecule has 1 atom stereocenters. The van der Waals surface area contributed by atoms with Crippen LogP contribution in [0.5, 0.6) is 5.75 Å². The van der Waals surface area contributed by atoms with Gasteiger partial charge in [0.15, 0.2) is 0 Å². The fourth-order valence-electron chi connectivity index (χ4n) is 2.48. The third-order valence-electron chi connectivity index (χ3n) is 3.69. The van der Waals surface area contributed by atoms with Gasteiger partial charge in [0.05, 0.1) is 11.5 Å². The van der Waals surface area contributed by atoms with Crippen molar-refractivity contribution >= 4 is 11.9 Å². The number of benzene rings is 1. The standard InChI is InChI=1S/C15H20N2O4/c16-14(18)12-2-1-7-17(10-12)8-9-21-13-5-3-11(4-6-13)15(19)20/h3-6,12H,1-2,7-10H2,(H2,16,18)(H,19,20). The van der Waals surface area contributed by atoms with E-state index in [-0.39, 0.29) is 17.4 Å². The first-order chi connectivity index (χ1) is 10.1. The summed E-state index contributed by atoms with van der Waals surface area (Å²) >= 11 is 0. The van der Waals surface area contributed by atoms with E-state index in [2.05, 4.69) is 4.90 Å². The van der Waals surface area contributed by atoms with Crippen LogP contribution in [0.4, 0.5) is 0 Å². The van der Waals surface area contributed by atoms with Crippen molar-refractivity contribution in [1.82, 2.24) is 4.90 Å². The van der Waals surface area contributed by atoms with Crippen molar-refractivity contribution in [2.45, 2.75) is 12.8 Å². The molecule has 0 spiro atoms. The lowest BCUT2D eigenvalue weighted by molar-refractivity contribution is -0.123. The molecule has 3 N–H and O–H groups in total. The van der Waals surface area contributed by atoms with Crippen LogP contribution < -0.4 is 10.5 Å². The van der Waals surface area contributed by atoms with Gasteiger partial charge in [0.2, 0.25) is 5.91 Å². The predicted molar refractivity (Wildman–Crippen MR) is 77.3 cm³/mol. The van der Waals surface area contributed by atoms with Crippen molar-refractivity contribution < 1.29 is 19.4 Å². The van der Waals surface area contributed by atoms with Crippen molar-refractivity contribution in [1.29, 1.82) is 0 Å². The second-order valence-electron chi connectivity index (χ2n) is 5.22. The van der Waals surface area contributed by atoms with E-state index in [0.29, 0.717) is 18.9 Å². The maximum Gasteiger partial charge on any atom is 0.335 e. The summed E-state index contributed by atoms with van der Waals surface area (Å²) in [6.45, 7) is 2.87. The number of aromatic carboxylic acids is 1. The van der Waals surface area contributed by atoms with Crippen LogP contribution in [-0.4, -0.2) is 48.1 Å². The number of nitrogens with zero attached hydrogens (tertiary/aromatic N) is 1. The second kappa shape index (κ2) is 7.08. The molecule has 1 aromatic carbocycles. The van der Waals surface area contributed by atoms with Gasteiger partial charge in [0, 0.05) is 13.1 Å². The van der Waals surface area contributed by atoms with Gasteiger partial charge in [-0.25, -0.2) is 4.79 Å². The number of carboxylic acids is 1. The number of carbonyl (C=O) groups is 2. The molecule has 1 aliphatic rings. The number of hydrogen-bond donors (Lipinski definition) is 2. The number of carboxylic acid groups (broad SMARTS) is 1. The Balaban J connectivity index is 1.76. The highest BCUT2D eigenvalue weighted by atomic mass is 16.5. The van der Waals surface area contributed by atoms with E-state index < -0.39 is 5.97 Å². The van der Waals surface area contributed by atoms with Gasteiger partial charge in [0.1, 0.15) is 12.4 Å². The zero-order valence-electron chi connectivity index (χ0n) is 11.8. The highest BCUT2D eigenvalue weighted by Crippen LogP contribution is 2.16. The van der Waals surface area contributed by atoms with E-state index in [4.69, 9.17) is 15.6 Å². The third-order valence-corrected chi connectivity index (χ3v) is 3.69. The molecule has 0 radical (unpaired) electrons. The van der Waals surface area contributed by atoms with Crippen LogP contribution in [0.3, 0.4) is 0 Å². The van der Waals surface area contributed by atoms with Gasteiger partial charge in [-0.05, 0) is 43.7 Å². The van der Waals surface area contributed by atoms with Gasteiger partial charge < -0.3 is 15.6 Å². The monoisotopic (exact) mass is 292 g/mol. The highest BCUT2D eigenvalue weighted by molar-refractivity contribution is 5.87. The summed E-state index contributed by atoms with van der Waals surface area (Å²) in [5.74, 6) is -0.603. The van der Waals surface area contributed by atoms with E-state index in [1.165, 1.54) is 12.1 Å². The lowest BCUT2D eigenvalue weighted by Gasteiger charge is -2.30. The number of piperidine rings is 1. The minimum Gasteiger partial charge on any atom is -0.492 e. The molecule has 114 valence electrons. The van der Waals surface area contributed by atoms with Gasteiger partial charge in [-0.2, -0.15) is 0 Å². The Morgan fingerprint density at radius 3 is 2.67 bits per heavy atom. The van der Waals surface area contributed by atoms with Crippen molar-refractivity contribution in [2.24, 2.45) is 11.7 Å². The zero-order valence-corrected chi connectivity index (χ0v) is 11.8. The normalized spacial score (nSPS) is 19.1. The molecule has 0 bridgehead atoms. The molecule has 1 amide bonds. The Bertz CT molecular complexity index is 501. The van der Waals surface area contributed by atoms with Crippen LogP contribution in [0.2, 0.25) is 0 Å². The summed E-state index contributed by atoms with van der Waals surface area (Å²) in [5.41, 5.74) is 5.58. The van der Waals surface area contributed by atoms with E-state index in [9.17, 15) is 9.59 Å². The Morgan fingerprint density at radius 2 is 2.05 bits per heavy atom. The van der Waals surface area contributed by atoms with Crippen LogP contribution >= 0.6 is 0 Å². The van der Waals surface area contributed by atoms with Crippen molar-refractivity contribution in [3.05, 3.63) is 29.8 Å². The van der Waals surface area contributed by atoms with Crippen molar-refractivity contribution in [2.75, 3.05) is 26.2 Å². The Kier molecular flexibility index (Phi) is 5.16. The number of carbonyl (C=O) groups excluding carboxylic acids is 1. The van der Waals surface area contributed by atoms with E-state index in [0.717, 1.165) is 25.9 Å². The average Bonchev–Trinajstić information content (AvgIpc) is 2.48. The van der Waals surface area contributed by atoms with Crippen LogP contribution in [-0.2, 0) is 4.79 Å². The largest absolute Gasteiger partial charge is 0.492 e. The SMILES string of the molecule is NC(=O)C1CCCN(CCOc2ccc(C(=O)O)cc2)C1. The van der Waals surface area contributed by atoms with Crippen LogP contribution in [0.25, 0.3) is 0 Å². The minimum absolute atomic E-state index is 0.0615. The number of ether oxygens (including phenoxy) is 1. The molecule has 1 aromatic rings. The molecule has 0 aromatic heterocycles. The fraction of sp³-hybridized carbons (Fsp3) is 0.467. The number of amides is 1. The first kappa shape index (κ1) is 15.3. The lowest BCUT2D eigenvalue weighted by Crippen LogP contribution is -2.42. The number of likely N-dealkylation sites (tertiary alicyclic amines) is 1. The van der Waals surface area contributed by atoms with Crippen LogP contribution in [0.1, 0.15) is 23.2 Å². The first-order valence-electron chi connectivity index (χ1n) is 7.04. The smallest absolute Gasteiger partial charge is 0.335 e. The predicted octanol–water partition coefficient (Wildman–Crippen LogP) is 0.961. The first-order valence-corrected chi connectivity index (χ1v) is 7.04. The molecular formula is C15H20N2O4. The van der Waals surface area contributed by atoms with Gasteiger partial charge >= 0.3 is 5.97 Å². The summed E-state index contributed by atoms with van der Waals surface area (Å²) in [6, 6.07) is 6.32. The summed E-state index contributed by atoms with van der Waals surface area (Å²) in [6.07, 6.45) is 1.84. The Hall–Kier alpha value is -2.08. The molecule has 1 unspecified atom stereocenters. The van der Waals surface area contributed by atoms with Gasteiger partial charge in [-0.1, -0.05) is 0 Å². The molecule has 1 saturated heterocycles. The molecule has 21 heavy (non-hydrogen) atoms. The summed E-state index contributed by atoms with van der Waals surface area (Å²) in [4.78, 5) is 24.1. The summed E-state index contributed by atoms with van der Waals surface area (Å²) < 4.78 is 5.59. The molecule has 1 aliphatic heterocycles. The van der Waals surface area contributed by atoms with Crippen LogP contribution in [0.15, 0.2) is 24.3 Å². The van der Waals surface area contributed by atoms with Gasteiger partial charge in [-0.15, -0.1) is 0 Å². The van der Waals surface area contributed by atoms with Crippen LogP contribution in [0, 0.1) is 5.92 Å². The molecule has 2 rings (SSSR count). The lowest BCUT2D eigenvalue weighted by atomic mass is 9.98. The summed E-state index contributed by atoms with van der Waals surface area (Å²) in [7, 11) is 0. The van der Waals surface area contributed by atoms with Gasteiger partial charge in [-0.3, -0.25) is 9.69 Å². The Morgan fingerprint density at radius 1 is 1.33 bits per heavy atom. The van der Waals surface area contributed by atoms with E-state index in [1.54, 1.807) is 12.1 Å². The van der Waals surface area contributed by atoms with Crippen molar-refractivity contribution in [3.63, 3.8) is 0 Å². The molecule has 1 heterocycles. The number of nitrogens with two attached hydrogens (primary N) is 1.